The van der Waals surface area contributed by atoms with Crippen LogP contribution in [0.3, 0.4) is 0 Å². The molecule has 17 heavy (non-hydrogen) atoms. The number of hydrogen-bond acceptors (Lipinski definition) is 5. The lowest BCUT2D eigenvalue weighted by Crippen LogP contribution is -2.20. The van der Waals surface area contributed by atoms with E-state index in [1.54, 1.807) is 24.3 Å². The van der Waals surface area contributed by atoms with Gasteiger partial charge in [0.05, 0.1) is 7.11 Å². The number of carbonyl (C=O) groups is 2. The summed E-state index contributed by atoms with van der Waals surface area (Å²) in [5.74, 6) is -0.811. The first kappa shape index (κ1) is 12.9. The fourth-order valence-corrected chi connectivity index (χ4v) is 1.38. The van der Waals surface area contributed by atoms with Gasteiger partial charge in [0.15, 0.2) is 11.5 Å². The van der Waals surface area contributed by atoms with Crippen LogP contribution in [0, 0.1) is 0 Å². The molecule has 0 aliphatic rings. The molecule has 0 unspecified atom stereocenters. The first-order chi connectivity index (χ1) is 8.11. The Morgan fingerprint density at radius 1 is 1.12 bits per heavy atom. The molecule has 90 valence electrons. The van der Waals surface area contributed by atoms with Gasteiger partial charge in [0.25, 0.3) is 0 Å². The molecule has 0 heterocycles. The Bertz CT molecular complexity index is 465. The lowest BCUT2D eigenvalue weighted by Gasteiger charge is -2.07. The molecular weight excluding hydrogens is 222 g/mol. The number of benzene rings is 1. The Labute approximate surface area is 99.0 Å². The molecule has 0 aliphatic carbocycles. The molecule has 1 aromatic rings. The summed E-state index contributed by atoms with van der Waals surface area (Å²) < 4.78 is 4.59. The largest absolute Gasteiger partial charge is 0.464 e. The van der Waals surface area contributed by atoms with Crippen LogP contribution in [0.5, 0.6) is 0 Å². The number of ketones is 1. The van der Waals surface area contributed by atoms with Gasteiger partial charge in [0.1, 0.15) is 7.11 Å². The number of hydrogen-bond donors (Lipinski definition) is 0. The summed E-state index contributed by atoms with van der Waals surface area (Å²) in [6, 6.07) is 6.65. The van der Waals surface area contributed by atoms with E-state index in [2.05, 4.69) is 14.7 Å². The van der Waals surface area contributed by atoms with Gasteiger partial charge in [0.2, 0.25) is 0 Å². The highest BCUT2D eigenvalue weighted by Crippen LogP contribution is 2.12. The Kier molecular flexibility index (Phi) is 4.39. The zero-order valence-electron chi connectivity index (χ0n) is 9.89. The quantitative estimate of drug-likeness (QED) is 0.342. The molecule has 0 saturated heterocycles. The monoisotopic (exact) mass is 235 g/mol. The van der Waals surface area contributed by atoms with Gasteiger partial charge in [-0.15, -0.1) is 0 Å². The van der Waals surface area contributed by atoms with Crippen molar-refractivity contribution in [2.75, 3.05) is 14.2 Å². The fraction of sp³-hybridized carbons (Fsp3) is 0.250. The molecule has 0 fully saturated rings. The number of oxime groups is 1. The number of Topliss-reactive ketones (excluding diaryl/α,β-unsaturated/α-hetero) is 1. The average Bonchev–Trinajstić information content (AvgIpc) is 2.35. The third kappa shape index (κ3) is 2.90. The molecule has 0 radical (unpaired) electrons. The first-order valence-electron chi connectivity index (χ1n) is 4.91. The Balaban J connectivity index is 3.33. The fourth-order valence-electron chi connectivity index (χ4n) is 1.38. The van der Waals surface area contributed by atoms with E-state index in [-0.39, 0.29) is 11.5 Å². The van der Waals surface area contributed by atoms with Crippen LogP contribution < -0.4 is 0 Å². The third-order valence-corrected chi connectivity index (χ3v) is 2.12. The van der Waals surface area contributed by atoms with Crippen molar-refractivity contribution in [2.24, 2.45) is 5.16 Å². The number of carbonyl (C=O) groups excluding carboxylic acids is 2. The van der Waals surface area contributed by atoms with Crippen molar-refractivity contribution in [1.82, 2.24) is 0 Å². The standard InChI is InChI=1S/C12H13NO4/c1-8(14)9-6-4-5-7-10(9)11(13-17-3)12(15)16-2/h4-7H,1-3H3. The highest BCUT2D eigenvalue weighted by atomic mass is 16.6. The van der Waals surface area contributed by atoms with Gasteiger partial charge in [-0.25, -0.2) is 4.79 Å². The summed E-state index contributed by atoms with van der Waals surface area (Å²) in [4.78, 5) is 27.6. The number of methoxy groups -OCH3 is 1. The normalized spacial score (nSPS) is 10.9. The van der Waals surface area contributed by atoms with Crippen LogP contribution in [-0.4, -0.2) is 31.7 Å². The zero-order valence-corrected chi connectivity index (χ0v) is 9.89. The van der Waals surface area contributed by atoms with Crippen LogP contribution in [0.25, 0.3) is 0 Å². The van der Waals surface area contributed by atoms with Crippen molar-refractivity contribution in [3.63, 3.8) is 0 Å². The molecule has 5 heteroatoms. The van der Waals surface area contributed by atoms with E-state index in [0.717, 1.165) is 0 Å². The van der Waals surface area contributed by atoms with Gasteiger partial charge in [-0.2, -0.15) is 0 Å². The van der Waals surface area contributed by atoms with E-state index in [9.17, 15) is 9.59 Å². The molecular formula is C12H13NO4. The number of rotatable bonds is 4. The summed E-state index contributed by atoms with van der Waals surface area (Å²) in [6.07, 6.45) is 0. The zero-order chi connectivity index (χ0) is 12.8. The molecule has 0 N–H and O–H groups in total. The van der Waals surface area contributed by atoms with Gasteiger partial charge in [0, 0.05) is 11.1 Å². The number of ether oxygens (including phenoxy) is 1. The second-order valence-electron chi connectivity index (χ2n) is 3.22. The van der Waals surface area contributed by atoms with Crippen molar-refractivity contribution < 1.29 is 19.2 Å². The maximum absolute atomic E-state index is 11.5. The predicted octanol–water partition coefficient (Wildman–Crippen LogP) is 1.41. The Morgan fingerprint density at radius 3 is 2.18 bits per heavy atom. The first-order valence-corrected chi connectivity index (χ1v) is 4.91. The van der Waals surface area contributed by atoms with Crippen LogP contribution in [-0.2, 0) is 14.4 Å². The van der Waals surface area contributed by atoms with Gasteiger partial charge >= 0.3 is 5.97 Å². The highest BCUT2D eigenvalue weighted by Gasteiger charge is 2.20. The number of esters is 1. The van der Waals surface area contributed by atoms with E-state index < -0.39 is 5.97 Å². The van der Waals surface area contributed by atoms with Crippen LogP contribution in [0.2, 0.25) is 0 Å². The summed E-state index contributed by atoms with van der Waals surface area (Å²) in [5, 5.41) is 3.60. The van der Waals surface area contributed by atoms with E-state index in [4.69, 9.17) is 0 Å². The van der Waals surface area contributed by atoms with Crippen molar-refractivity contribution in [2.45, 2.75) is 6.92 Å². The minimum atomic E-state index is -0.652. The summed E-state index contributed by atoms with van der Waals surface area (Å²) in [7, 11) is 2.56. The van der Waals surface area contributed by atoms with Gasteiger partial charge in [-0.1, -0.05) is 29.4 Å². The number of nitrogens with zero attached hydrogens (tertiary/aromatic N) is 1. The predicted molar refractivity (Wildman–Crippen MR) is 62.0 cm³/mol. The maximum atomic E-state index is 11.5. The lowest BCUT2D eigenvalue weighted by molar-refractivity contribution is -0.132. The molecule has 0 amide bonds. The second-order valence-corrected chi connectivity index (χ2v) is 3.22. The molecule has 0 saturated carbocycles. The van der Waals surface area contributed by atoms with Crippen molar-refractivity contribution in [3.8, 4) is 0 Å². The van der Waals surface area contributed by atoms with E-state index >= 15 is 0 Å². The molecule has 5 nitrogen and oxygen atoms in total. The Hall–Kier alpha value is -2.17. The van der Waals surface area contributed by atoms with E-state index in [1.165, 1.54) is 21.1 Å². The topological polar surface area (TPSA) is 65.0 Å². The summed E-state index contributed by atoms with van der Waals surface area (Å²) >= 11 is 0. The van der Waals surface area contributed by atoms with E-state index in [0.29, 0.717) is 11.1 Å². The SMILES string of the molecule is CON=C(C(=O)OC)c1ccccc1C(C)=O. The summed E-state index contributed by atoms with van der Waals surface area (Å²) in [5.41, 5.74) is 0.767. The highest BCUT2D eigenvalue weighted by molar-refractivity contribution is 6.44. The molecule has 0 aliphatic heterocycles. The Morgan fingerprint density at radius 2 is 1.71 bits per heavy atom. The smallest absolute Gasteiger partial charge is 0.360 e. The van der Waals surface area contributed by atoms with E-state index in [1.807, 2.05) is 0 Å². The second kappa shape index (κ2) is 5.79. The molecule has 0 atom stereocenters. The maximum Gasteiger partial charge on any atom is 0.360 e. The third-order valence-electron chi connectivity index (χ3n) is 2.12. The molecule has 0 aromatic heterocycles. The van der Waals surface area contributed by atoms with Crippen molar-refractivity contribution >= 4 is 17.5 Å². The van der Waals surface area contributed by atoms with Crippen LogP contribution in [0.4, 0.5) is 0 Å². The van der Waals surface area contributed by atoms with Crippen molar-refractivity contribution in [3.05, 3.63) is 35.4 Å². The van der Waals surface area contributed by atoms with Crippen LogP contribution >= 0.6 is 0 Å². The van der Waals surface area contributed by atoms with Crippen LogP contribution in [0.15, 0.2) is 29.4 Å². The van der Waals surface area contributed by atoms with Gasteiger partial charge in [-0.3, -0.25) is 4.79 Å². The molecule has 1 aromatic carbocycles. The van der Waals surface area contributed by atoms with Gasteiger partial charge in [-0.05, 0) is 6.92 Å². The minimum absolute atomic E-state index is 0.0270. The summed E-state index contributed by atoms with van der Waals surface area (Å²) in [6.45, 7) is 1.42. The molecule has 0 spiro atoms. The van der Waals surface area contributed by atoms with Crippen molar-refractivity contribution in [1.29, 1.82) is 0 Å². The molecule has 1 rings (SSSR count). The van der Waals surface area contributed by atoms with Crippen LogP contribution in [0.1, 0.15) is 22.8 Å². The lowest BCUT2D eigenvalue weighted by atomic mass is 10.0. The molecule has 0 bridgehead atoms. The average molecular weight is 235 g/mol. The minimum Gasteiger partial charge on any atom is -0.464 e. The van der Waals surface area contributed by atoms with Gasteiger partial charge < -0.3 is 9.57 Å².